The predicted octanol–water partition coefficient (Wildman–Crippen LogP) is 3.34. The number of hydrogen-bond acceptors (Lipinski definition) is 3. The minimum absolute atomic E-state index is 0.805. The van der Waals surface area contributed by atoms with Crippen LogP contribution in [0.15, 0.2) is 25.3 Å². The Morgan fingerprint density at radius 3 is 1.46 bits per heavy atom. The van der Waals surface area contributed by atoms with Crippen LogP contribution in [0.3, 0.4) is 0 Å². The number of nitrogens with one attached hydrogen (secondary N) is 1. The van der Waals surface area contributed by atoms with Crippen molar-refractivity contribution in [3.63, 3.8) is 0 Å². The van der Waals surface area contributed by atoms with Gasteiger partial charge >= 0.3 is 33.1 Å². The Balaban J connectivity index is 0. The highest BCUT2D eigenvalue weighted by molar-refractivity contribution is 7.87. The maximum atomic E-state index is 12.5. The lowest BCUT2D eigenvalue weighted by Crippen LogP contribution is -2.63. The van der Waals surface area contributed by atoms with Crippen molar-refractivity contribution in [2.45, 2.75) is 29.9 Å². The summed E-state index contributed by atoms with van der Waals surface area (Å²) in [5.74, 6) is -19.3. The van der Waals surface area contributed by atoms with Crippen molar-refractivity contribution in [3.05, 3.63) is 25.3 Å². The smallest absolute Gasteiger partial charge is 0.310 e. The van der Waals surface area contributed by atoms with Crippen LogP contribution >= 0.6 is 0 Å². The van der Waals surface area contributed by atoms with Gasteiger partial charge in [-0.05, 0) is 0 Å². The van der Waals surface area contributed by atoms with Crippen LogP contribution in [0.25, 0.3) is 0 Å². The molecule has 0 heterocycles. The second kappa shape index (κ2) is 8.25. The van der Waals surface area contributed by atoms with Crippen LogP contribution in [-0.2, 0) is 10.1 Å². The molecule has 0 aliphatic heterocycles. The van der Waals surface area contributed by atoms with Crippen molar-refractivity contribution in [2.75, 3.05) is 13.1 Å². The first-order valence-corrected chi connectivity index (χ1v) is 7.26. The third-order valence-corrected chi connectivity index (χ3v) is 3.12. The van der Waals surface area contributed by atoms with Crippen molar-refractivity contribution in [1.29, 1.82) is 0 Å². The quantitative estimate of drug-likeness (QED) is 0.287. The van der Waals surface area contributed by atoms with Crippen LogP contribution < -0.4 is 5.32 Å². The van der Waals surface area contributed by atoms with Gasteiger partial charge in [0.1, 0.15) is 0 Å². The van der Waals surface area contributed by atoms with E-state index in [1.165, 1.54) is 0 Å². The molecule has 24 heavy (non-hydrogen) atoms. The van der Waals surface area contributed by atoms with Gasteiger partial charge in [0.25, 0.3) is 0 Å². The second-order valence-electron chi connectivity index (χ2n) is 4.26. The van der Waals surface area contributed by atoms with Gasteiger partial charge in [-0.2, -0.15) is 43.5 Å². The molecule has 0 unspecified atom stereocenters. The van der Waals surface area contributed by atoms with Gasteiger partial charge in [-0.25, -0.2) is 0 Å². The highest BCUT2D eigenvalue weighted by atomic mass is 32.2. The lowest BCUT2D eigenvalue weighted by molar-refractivity contribution is -0.343. The summed E-state index contributed by atoms with van der Waals surface area (Å²) in [4.78, 5) is 0. The molecule has 0 bridgehead atoms. The van der Waals surface area contributed by atoms with Crippen LogP contribution in [0.5, 0.6) is 0 Å². The third-order valence-electron chi connectivity index (χ3n) is 2.21. The SMILES string of the molecule is C=CCNCC=C.CC(F)(F)C(F)(F)C(F)(F)C(F)(F)S(=O)(=O)O. The summed E-state index contributed by atoms with van der Waals surface area (Å²) in [5.41, 5.74) is 0. The number of halogens is 8. The van der Waals surface area contributed by atoms with E-state index in [9.17, 15) is 43.5 Å². The standard InChI is InChI=1S/C6H11N.C5H4F8O3S/c1-3-5-7-6-4-2;1-2(6,7)3(8,9)4(10,11)5(12,13)17(14,15)16/h3-4,7H,1-2,5-6H2;1H3,(H,14,15,16). The first-order chi connectivity index (χ1) is 10.4. The van der Waals surface area contributed by atoms with Crippen molar-refractivity contribution >= 4 is 10.1 Å². The van der Waals surface area contributed by atoms with Crippen molar-refractivity contribution in [3.8, 4) is 0 Å². The van der Waals surface area contributed by atoms with Gasteiger partial charge in [0.2, 0.25) is 0 Å². The Morgan fingerprint density at radius 1 is 0.917 bits per heavy atom. The molecule has 2 N–H and O–H groups in total. The average Bonchev–Trinajstić information content (AvgIpc) is 2.37. The number of hydrogen-bond donors (Lipinski definition) is 2. The van der Waals surface area contributed by atoms with E-state index in [0.717, 1.165) is 13.1 Å². The molecular weight excluding hydrogens is 378 g/mol. The van der Waals surface area contributed by atoms with Gasteiger partial charge in [0.15, 0.2) is 0 Å². The molecule has 4 nitrogen and oxygen atoms in total. The largest absolute Gasteiger partial charge is 0.438 e. The molecule has 0 aliphatic rings. The fourth-order valence-electron chi connectivity index (χ4n) is 0.908. The van der Waals surface area contributed by atoms with Crippen LogP contribution in [0.4, 0.5) is 35.1 Å². The first kappa shape index (κ1) is 25.0. The molecule has 0 aromatic heterocycles. The van der Waals surface area contributed by atoms with Gasteiger partial charge in [0.05, 0.1) is 0 Å². The second-order valence-corrected chi connectivity index (χ2v) is 5.73. The van der Waals surface area contributed by atoms with Crippen molar-refractivity contribution in [1.82, 2.24) is 5.32 Å². The molecule has 0 aromatic carbocycles. The van der Waals surface area contributed by atoms with Crippen molar-refractivity contribution in [2.24, 2.45) is 0 Å². The maximum Gasteiger partial charge on any atom is 0.438 e. The van der Waals surface area contributed by atoms with Crippen LogP contribution in [0, 0.1) is 0 Å². The monoisotopic (exact) mass is 393 g/mol. The minimum Gasteiger partial charge on any atom is -0.310 e. The molecule has 0 rings (SSSR count). The fourth-order valence-corrected chi connectivity index (χ4v) is 1.36. The van der Waals surface area contributed by atoms with E-state index in [-0.39, 0.29) is 0 Å². The molecule has 144 valence electrons. The topological polar surface area (TPSA) is 66.4 Å². The maximum absolute atomic E-state index is 12.5. The Morgan fingerprint density at radius 2 is 1.25 bits per heavy atom. The Kier molecular flexibility index (Phi) is 8.60. The zero-order chi connectivity index (χ0) is 20.0. The van der Waals surface area contributed by atoms with Gasteiger partial charge in [0, 0.05) is 20.0 Å². The molecule has 0 radical (unpaired) electrons. The number of rotatable bonds is 8. The number of alkyl halides is 8. The molecule has 0 spiro atoms. The van der Waals surface area contributed by atoms with Gasteiger partial charge in [-0.3, -0.25) is 4.55 Å². The fraction of sp³-hybridized carbons (Fsp3) is 0.636. The summed E-state index contributed by atoms with van der Waals surface area (Å²) < 4.78 is 126. The average molecular weight is 393 g/mol. The zero-order valence-electron chi connectivity index (χ0n) is 12.2. The van der Waals surface area contributed by atoms with E-state index in [1.807, 2.05) is 12.2 Å². The third kappa shape index (κ3) is 5.41. The van der Waals surface area contributed by atoms with Crippen LogP contribution in [-0.4, -0.2) is 49.1 Å². The van der Waals surface area contributed by atoms with E-state index in [2.05, 4.69) is 18.5 Å². The van der Waals surface area contributed by atoms with E-state index in [1.54, 1.807) is 0 Å². The normalized spacial score (nSPS) is 13.8. The Hall–Kier alpha value is -1.21. The van der Waals surface area contributed by atoms with Gasteiger partial charge in [-0.1, -0.05) is 12.2 Å². The predicted molar refractivity (Wildman–Crippen MR) is 70.3 cm³/mol. The molecule has 0 atom stereocenters. The van der Waals surface area contributed by atoms with Crippen LogP contribution in [0.1, 0.15) is 6.92 Å². The summed E-state index contributed by atoms with van der Waals surface area (Å²) in [6.07, 6.45) is 3.65. The van der Waals surface area contributed by atoms with Gasteiger partial charge < -0.3 is 5.32 Å². The van der Waals surface area contributed by atoms with E-state index >= 15 is 0 Å². The molecule has 0 saturated carbocycles. The lowest BCUT2D eigenvalue weighted by atomic mass is 10.1. The summed E-state index contributed by atoms with van der Waals surface area (Å²) in [7, 11) is -7.00. The van der Waals surface area contributed by atoms with Crippen LogP contribution in [0.2, 0.25) is 0 Å². The minimum atomic E-state index is -7.00. The Labute approximate surface area is 133 Å². The van der Waals surface area contributed by atoms with E-state index in [4.69, 9.17) is 4.55 Å². The molecule has 0 aromatic rings. The molecule has 0 amide bonds. The molecule has 0 saturated heterocycles. The lowest BCUT2D eigenvalue weighted by Gasteiger charge is -2.33. The zero-order valence-corrected chi connectivity index (χ0v) is 13.0. The van der Waals surface area contributed by atoms with Crippen molar-refractivity contribution < 1.29 is 48.1 Å². The molecule has 0 aliphatic carbocycles. The highest BCUT2D eigenvalue weighted by Crippen LogP contribution is 2.53. The summed E-state index contributed by atoms with van der Waals surface area (Å²) in [6.45, 7) is 8.00. The summed E-state index contributed by atoms with van der Waals surface area (Å²) in [6, 6.07) is 0. The highest BCUT2D eigenvalue weighted by Gasteiger charge is 2.83. The first-order valence-electron chi connectivity index (χ1n) is 5.82. The van der Waals surface area contributed by atoms with Gasteiger partial charge in [-0.15, -0.1) is 13.2 Å². The van der Waals surface area contributed by atoms with E-state index < -0.39 is 40.1 Å². The summed E-state index contributed by atoms with van der Waals surface area (Å²) >= 11 is 0. The molecule has 13 heteroatoms. The van der Waals surface area contributed by atoms with E-state index in [0.29, 0.717) is 0 Å². The summed E-state index contributed by atoms with van der Waals surface area (Å²) in [5, 5.41) is -3.71. The Bertz CT molecular complexity index is 520. The molecular formula is C11H15F8NO3S. The molecule has 0 fully saturated rings.